The number of carbonyl (C=O) groups excluding carboxylic acids is 2. The first-order valence-electron chi connectivity index (χ1n) is 14.2. The standard InChI is InChI=1S/C29H48NO10P/c1-3-5-6-7-8-9-10-11-12-13-14-15-16-17-18-19-20-21-27(32)30-26(29(34)35)24-40-41(36,37)39-23-25(31)22-38-28(33)4-2/h8-9,11-12,14-15,17-18,25-26,31H,3-7,10,13,16,19-24H2,1-2H3,(H,30,32)(H,34,35)(H,36,37)/b9-8-,12-11-,15-14-,18-17-. The highest BCUT2D eigenvalue weighted by molar-refractivity contribution is 7.47. The van der Waals surface area contributed by atoms with Gasteiger partial charge >= 0.3 is 19.8 Å². The molecule has 0 rings (SSSR count). The minimum absolute atomic E-state index is 0.0672. The van der Waals surface area contributed by atoms with E-state index >= 15 is 0 Å². The van der Waals surface area contributed by atoms with E-state index in [4.69, 9.17) is 0 Å². The summed E-state index contributed by atoms with van der Waals surface area (Å²) in [5, 5.41) is 21.2. The molecule has 0 bridgehead atoms. The van der Waals surface area contributed by atoms with Gasteiger partial charge in [0.15, 0.2) is 6.04 Å². The van der Waals surface area contributed by atoms with E-state index in [2.05, 4.69) is 62.5 Å². The number of hydrogen-bond acceptors (Lipinski definition) is 8. The first-order chi connectivity index (χ1) is 19.6. The predicted octanol–water partition coefficient (Wildman–Crippen LogP) is 5.15. The van der Waals surface area contributed by atoms with Gasteiger partial charge in [0.25, 0.3) is 0 Å². The zero-order valence-corrected chi connectivity index (χ0v) is 25.2. The molecule has 0 aromatic heterocycles. The second kappa shape index (κ2) is 25.2. The average Bonchev–Trinajstić information content (AvgIpc) is 2.94. The smallest absolute Gasteiger partial charge is 0.472 e. The molecule has 0 fully saturated rings. The van der Waals surface area contributed by atoms with Crippen LogP contribution in [-0.4, -0.2) is 64.9 Å². The summed E-state index contributed by atoms with van der Waals surface area (Å²) in [5.41, 5.74) is 0. The number of carboxylic acids is 1. The van der Waals surface area contributed by atoms with E-state index in [9.17, 15) is 34.1 Å². The Kier molecular flexibility index (Phi) is 23.6. The molecule has 1 amide bonds. The lowest BCUT2D eigenvalue weighted by molar-refractivity contribution is -0.146. The molecule has 11 nitrogen and oxygen atoms in total. The van der Waals surface area contributed by atoms with Gasteiger partial charge in [0.1, 0.15) is 12.7 Å². The van der Waals surface area contributed by atoms with Gasteiger partial charge in [-0.3, -0.25) is 18.6 Å². The number of hydrogen-bond donors (Lipinski definition) is 4. The molecular weight excluding hydrogens is 553 g/mol. The SMILES string of the molecule is CCCCC/C=C\C/C=C\C/C=C\C/C=C\CCCC(=O)NC(COP(=O)(O)OCC(O)COC(=O)CC)C(=O)O. The van der Waals surface area contributed by atoms with Crippen molar-refractivity contribution < 1.29 is 47.8 Å². The molecule has 0 spiro atoms. The highest BCUT2D eigenvalue weighted by Crippen LogP contribution is 2.43. The highest BCUT2D eigenvalue weighted by Gasteiger charge is 2.28. The van der Waals surface area contributed by atoms with Gasteiger partial charge in [-0.15, -0.1) is 0 Å². The van der Waals surface area contributed by atoms with E-state index in [1.54, 1.807) is 6.92 Å². The molecule has 12 heteroatoms. The third kappa shape index (κ3) is 24.9. The van der Waals surface area contributed by atoms with Gasteiger partial charge in [-0.05, 0) is 44.9 Å². The lowest BCUT2D eigenvalue weighted by atomic mass is 10.2. The maximum atomic E-state index is 12.1. The van der Waals surface area contributed by atoms with Gasteiger partial charge in [0.2, 0.25) is 5.91 Å². The van der Waals surface area contributed by atoms with E-state index in [0.29, 0.717) is 12.8 Å². The van der Waals surface area contributed by atoms with E-state index in [1.165, 1.54) is 19.3 Å². The molecule has 3 unspecified atom stereocenters. The number of aliphatic hydroxyl groups excluding tert-OH is 1. The van der Waals surface area contributed by atoms with E-state index in [0.717, 1.165) is 25.7 Å². The summed E-state index contributed by atoms with van der Waals surface area (Å²) < 4.78 is 25.8. The van der Waals surface area contributed by atoms with Crippen molar-refractivity contribution in [3.63, 3.8) is 0 Å². The quantitative estimate of drug-likeness (QED) is 0.0475. The van der Waals surface area contributed by atoms with Crippen molar-refractivity contribution in [1.82, 2.24) is 5.32 Å². The van der Waals surface area contributed by atoms with Crippen molar-refractivity contribution in [3.8, 4) is 0 Å². The van der Waals surface area contributed by atoms with Crippen LogP contribution in [0.1, 0.15) is 84.5 Å². The maximum Gasteiger partial charge on any atom is 0.472 e. The van der Waals surface area contributed by atoms with Crippen molar-refractivity contribution in [3.05, 3.63) is 48.6 Å². The fourth-order valence-corrected chi connectivity index (χ4v) is 3.88. The number of nitrogens with one attached hydrogen (secondary N) is 1. The summed E-state index contributed by atoms with van der Waals surface area (Å²) in [6.45, 7) is 1.81. The molecule has 0 aliphatic carbocycles. The maximum absolute atomic E-state index is 12.1. The summed E-state index contributed by atoms with van der Waals surface area (Å²) in [4.78, 5) is 44.2. The number of rotatable bonds is 25. The summed E-state index contributed by atoms with van der Waals surface area (Å²) >= 11 is 0. The van der Waals surface area contributed by atoms with Crippen LogP contribution in [0.15, 0.2) is 48.6 Å². The average molecular weight is 602 g/mol. The van der Waals surface area contributed by atoms with Crippen molar-refractivity contribution in [2.24, 2.45) is 0 Å². The molecule has 41 heavy (non-hydrogen) atoms. The predicted molar refractivity (Wildman–Crippen MR) is 157 cm³/mol. The number of allylic oxidation sites excluding steroid dienone is 8. The minimum atomic E-state index is -4.73. The Hall–Kier alpha value is -2.56. The van der Waals surface area contributed by atoms with Crippen LogP contribution in [0.2, 0.25) is 0 Å². The lowest BCUT2D eigenvalue weighted by Gasteiger charge is -2.18. The summed E-state index contributed by atoms with van der Waals surface area (Å²) in [5.74, 6) is -2.56. The molecule has 0 saturated carbocycles. The molecule has 0 radical (unpaired) electrons. The second-order valence-corrected chi connectivity index (χ2v) is 10.6. The van der Waals surface area contributed by atoms with Gasteiger partial charge in [-0.1, -0.05) is 75.3 Å². The zero-order chi connectivity index (χ0) is 30.8. The number of esters is 1. The van der Waals surface area contributed by atoms with E-state index < -0.39 is 57.6 Å². The lowest BCUT2D eigenvalue weighted by Crippen LogP contribution is -2.43. The minimum Gasteiger partial charge on any atom is -0.480 e. The molecule has 0 aliphatic rings. The van der Waals surface area contributed by atoms with Crippen LogP contribution in [0.3, 0.4) is 0 Å². The Labute approximate surface area is 244 Å². The van der Waals surface area contributed by atoms with Gasteiger partial charge in [-0.25, -0.2) is 9.36 Å². The van der Waals surface area contributed by atoms with Gasteiger partial charge in [0, 0.05) is 12.8 Å². The topological polar surface area (TPSA) is 169 Å². The Morgan fingerprint density at radius 3 is 1.88 bits per heavy atom. The molecule has 0 heterocycles. The molecule has 234 valence electrons. The number of unbranched alkanes of at least 4 members (excludes halogenated alkanes) is 4. The third-order valence-corrected chi connectivity index (χ3v) is 6.38. The number of carboxylic acid groups (broad SMARTS) is 1. The fraction of sp³-hybridized carbons (Fsp3) is 0.621. The van der Waals surface area contributed by atoms with Crippen LogP contribution >= 0.6 is 7.82 Å². The van der Waals surface area contributed by atoms with Crippen LogP contribution in [0.25, 0.3) is 0 Å². The summed E-state index contributed by atoms with van der Waals surface area (Å²) in [7, 11) is -4.73. The van der Waals surface area contributed by atoms with Crippen molar-refractivity contribution in [2.75, 3.05) is 19.8 Å². The van der Waals surface area contributed by atoms with Crippen LogP contribution in [0, 0.1) is 0 Å². The Morgan fingerprint density at radius 2 is 1.34 bits per heavy atom. The van der Waals surface area contributed by atoms with Crippen molar-refractivity contribution in [1.29, 1.82) is 0 Å². The Morgan fingerprint density at radius 1 is 0.805 bits per heavy atom. The number of aliphatic hydroxyl groups is 1. The molecular formula is C29H48NO10P. The van der Waals surface area contributed by atoms with Crippen LogP contribution in [0.4, 0.5) is 0 Å². The first kappa shape index (κ1) is 38.4. The number of carbonyl (C=O) groups is 3. The number of phosphoric ester groups is 1. The summed E-state index contributed by atoms with van der Waals surface area (Å²) in [6, 6.07) is -1.57. The first-order valence-corrected chi connectivity index (χ1v) is 15.7. The van der Waals surface area contributed by atoms with Crippen molar-refractivity contribution >= 4 is 25.7 Å². The largest absolute Gasteiger partial charge is 0.480 e. The summed E-state index contributed by atoms with van der Waals surface area (Å²) in [6.07, 6.45) is 24.3. The number of phosphoric acid groups is 1. The molecule has 3 atom stereocenters. The number of aliphatic carboxylic acids is 1. The Bertz CT molecular complexity index is 900. The molecule has 0 aliphatic heterocycles. The molecule has 0 aromatic carbocycles. The third-order valence-electron chi connectivity index (χ3n) is 5.43. The molecule has 0 saturated heterocycles. The molecule has 4 N–H and O–H groups in total. The van der Waals surface area contributed by atoms with E-state index in [-0.39, 0.29) is 12.8 Å². The fourth-order valence-electron chi connectivity index (χ4n) is 3.11. The Balaban J connectivity index is 4.12. The zero-order valence-electron chi connectivity index (χ0n) is 24.3. The normalized spacial score (nSPS) is 15.0. The highest BCUT2D eigenvalue weighted by atomic mass is 31.2. The van der Waals surface area contributed by atoms with Crippen molar-refractivity contribution in [2.45, 2.75) is 96.6 Å². The van der Waals surface area contributed by atoms with Gasteiger partial charge in [0.05, 0.1) is 13.2 Å². The number of amides is 1. The molecule has 0 aromatic rings. The van der Waals surface area contributed by atoms with Crippen LogP contribution in [-0.2, 0) is 32.7 Å². The second-order valence-electron chi connectivity index (χ2n) is 9.19. The van der Waals surface area contributed by atoms with E-state index in [1.807, 2.05) is 12.2 Å². The van der Waals surface area contributed by atoms with Gasteiger partial charge in [-0.2, -0.15) is 0 Å². The monoisotopic (exact) mass is 601 g/mol. The van der Waals surface area contributed by atoms with Gasteiger partial charge < -0.3 is 25.2 Å². The van der Waals surface area contributed by atoms with Crippen LogP contribution < -0.4 is 5.32 Å². The van der Waals surface area contributed by atoms with Crippen LogP contribution in [0.5, 0.6) is 0 Å². The number of ether oxygens (including phenoxy) is 1.